The van der Waals surface area contributed by atoms with E-state index < -0.39 is 5.60 Å². The number of nitrogens with one attached hydrogen (secondary N) is 2. The minimum absolute atomic E-state index is 0.372. The van der Waals surface area contributed by atoms with Gasteiger partial charge < -0.3 is 21.1 Å². The average Bonchev–Trinajstić information content (AvgIpc) is 2.08. The zero-order valence-electron chi connectivity index (χ0n) is 9.93. The molecule has 5 heteroatoms. The topological polar surface area (TPSA) is 76.4 Å². The van der Waals surface area contributed by atoms with E-state index in [4.69, 9.17) is 10.5 Å². The number of hydrogen-bond acceptors (Lipinski definition) is 4. The summed E-state index contributed by atoms with van der Waals surface area (Å²) in [6.07, 6.45) is 0.579. The van der Waals surface area contributed by atoms with Crippen molar-refractivity contribution in [1.29, 1.82) is 0 Å². The van der Waals surface area contributed by atoms with Crippen LogP contribution in [0.25, 0.3) is 0 Å². The van der Waals surface area contributed by atoms with Crippen LogP contribution in [-0.4, -0.2) is 37.9 Å². The summed E-state index contributed by atoms with van der Waals surface area (Å²) in [4.78, 5) is 11.2. The molecule has 5 nitrogen and oxygen atoms in total. The number of rotatable bonds is 6. The van der Waals surface area contributed by atoms with E-state index in [0.29, 0.717) is 13.1 Å². The lowest BCUT2D eigenvalue weighted by atomic mass is 10.2. The first-order valence-electron chi connectivity index (χ1n) is 5.33. The molecule has 0 aliphatic heterocycles. The van der Waals surface area contributed by atoms with Crippen LogP contribution in [0, 0.1) is 0 Å². The van der Waals surface area contributed by atoms with Gasteiger partial charge in [-0.3, -0.25) is 0 Å². The summed E-state index contributed by atoms with van der Waals surface area (Å²) >= 11 is 0. The summed E-state index contributed by atoms with van der Waals surface area (Å²) in [6, 6.07) is 0. The highest BCUT2D eigenvalue weighted by Crippen LogP contribution is 2.05. The van der Waals surface area contributed by atoms with Crippen LogP contribution in [0.4, 0.5) is 4.79 Å². The van der Waals surface area contributed by atoms with E-state index in [0.717, 1.165) is 19.5 Å². The molecule has 15 heavy (non-hydrogen) atoms. The number of alkyl carbamates (subject to hydrolysis) is 1. The fourth-order valence-corrected chi connectivity index (χ4v) is 0.919. The van der Waals surface area contributed by atoms with Crippen molar-refractivity contribution in [3.8, 4) is 0 Å². The largest absolute Gasteiger partial charge is 0.444 e. The molecule has 0 unspecified atom stereocenters. The van der Waals surface area contributed by atoms with Gasteiger partial charge in [-0.25, -0.2) is 4.79 Å². The molecule has 0 rings (SSSR count). The smallest absolute Gasteiger partial charge is 0.407 e. The van der Waals surface area contributed by atoms with Crippen molar-refractivity contribution in [3.05, 3.63) is 0 Å². The van der Waals surface area contributed by atoms with Crippen LogP contribution in [0.2, 0.25) is 0 Å². The normalized spacial score (nSPS) is 11.2. The van der Waals surface area contributed by atoms with E-state index in [1.165, 1.54) is 0 Å². The van der Waals surface area contributed by atoms with Crippen molar-refractivity contribution in [2.24, 2.45) is 5.73 Å². The highest BCUT2D eigenvalue weighted by molar-refractivity contribution is 5.67. The van der Waals surface area contributed by atoms with E-state index in [-0.39, 0.29) is 6.09 Å². The number of carbonyl (C=O) groups is 1. The Balaban J connectivity index is 3.32. The first kappa shape index (κ1) is 14.2. The Bertz CT molecular complexity index is 178. The number of carbonyl (C=O) groups excluding carboxylic acids is 1. The molecule has 0 aromatic heterocycles. The standard InChI is InChI=1S/C10H23N3O2/c1-10(2,3)15-9(14)13-8-7-12-6-4-5-11/h12H,4-8,11H2,1-3H3,(H,13,14). The van der Waals surface area contributed by atoms with Gasteiger partial charge in [-0.2, -0.15) is 0 Å². The van der Waals surface area contributed by atoms with Gasteiger partial charge in [0.1, 0.15) is 5.60 Å². The molecule has 0 radical (unpaired) electrons. The van der Waals surface area contributed by atoms with Crippen molar-refractivity contribution in [2.75, 3.05) is 26.2 Å². The van der Waals surface area contributed by atoms with E-state index >= 15 is 0 Å². The fourth-order valence-electron chi connectivity index (χ4n) is 0.919. The lowest BCUT2D eigenvalue weighted by Gasteiger charge is -2.19. The predicted molar refractivity (Wildman–Crippen MR) is 60.8 cm³/mol. The van der Waals surface area contributed by atoms with Gasteiger partial charge in [-0.05, 0) is 40.3 Å². The molecular weight excluding hydrogens is 194 g/mol. The molecule has 90 valence electrons. The Labute approximate surface area is 91.7 Å². The van der Waals surface area contributed by atoms with Crippen LogP contribution in [0.5, 0.6) is 0 Å². The highest BCUT2D eigenvalue weighted by atomic mass is 16.6. The summed E-state index contributed by atoms with van der Waals surface area (Å²) in [6.45, 7) is 8.39. The fraction of sp³-hybridized carbons (Fsp3) is 0.900. The Morgan fingerprint density at radius 3 is 2.47 bits per heavy atom. The quantitative estimate of drug-likeness (QED) is 0.565. The van der Waals surface area contributed by atoms with Crippen molar-refractivity contribution >= 4 is 6.09 Å². The molecule has 0 fully saturated rings. The lowest BCUT2D eigenvalue weighted by Crippen LogP contribution is -2.36. The van der Waals surface area contributed by atoms with Crippen molar-refractivity contribution < 1.29 is 9.53 Å². The second-order valence-electron chi connectivity index (χ2n) is 4.32. The third kappa shape index (κ3) is 11.1. The molecule has 0 aromatic carbocycles. The minimum Gasteiger partial charge on any atom is -0.444 e. The van der Waals surface area contributed by atoms with Crippen LogP contribution in [-0.2, 0) is 4.74 Å². The molecule has 0 heterocycles. The SMILES string of the molecule is CC(C)(C)OC(=O)NCCNCCCN. The average molecular weight is 217 g/mol. The van der Waals surface area contributed by atoms with Crippen LogP contribution in [0.3, 0.4) is 0 Å². The van der Waals surface area contributed by atoms with Gasteiger partial charge in [0.15, 0.2) is 0 Å². The van der Waals surface area contributed by atoms with Gasteiger partial charge in [0.05, 0.1) is 0 Å². The van der Waals surface area contributed by atoms with Gasteiger partial charge in [-0.15, -0.1) is 0 Å². The van der Waals surface area contributed by atoms with E-state index in [1.807, 2.05) is 20.8 Å². The molecule has 1 amide bonds. The van der Waals surface area contributed by atoms with Crippen molar-refractivity contribution in [1.82, 2.24) is 10.6 Å². The van der Waals surface area contributed by atoms with Crippen LogP contribution in [0.1, 0.15) is 27.2 Å². The molecule has 0 atom stereocenters. The zero-order valence-corrected chi connectivity index (χ0v) is 9.93. The van der Waals surface area contributed by atoms with Gasteiger partial charge in [0, 0.05) is 13.1 Å². The summed E-state index contributed by atoms with van der Waals surface area (Å²) in [5.41, 5.74) is 4.90. The monoisotopic (exact) mass is 217 g/mol. The molecule has 0 bridgehead atoms. The van der Waals surface area contributed by atoms with Crippen molar-refractivity contribution in [3.63, 3.8) is 0 Å². The maximum absolute atomic E-state index is 11.2. The van der Waals surface area contributed by atoms with Crippen molar-refractivity contribution in [2.45, 2.75) is 32.8 Å². The molecule has 0 aliphatic rings. The van der Waals surface area contributed by atoms with Gasteiger partial charge in [0.2, 0.25) is 0 Å². The third-order valence-corrected chi connectivity index (χ3v) is 1.53. The summed E-state index contributed by atoms with van der Waals surface area (Å²) < 4.78 is 5.07. The molecule has 0 saturated carbocycles. The number of amides is 1. The minimum atomic E-state index is -0.433. The first-order chi connectivity index (χ1) is 6.95. The number of nitrogens with two attached hydrogens (primary N) is 1. The molecule has 0 saturated heterocycles. The Morgan fingerprint density at radius 1 is 1.27 bits per heavy atom. The summed E-state index contributed by atoms with van der Waals surface area (Å²) in [5, 5.41) is 5.82. The van der Waals surface area contributed by atoms with Crippen LogP contribution in [0.15, 0.2) is 0 Å². The van der Waals surface area contributed by atoms with Crippen LogP contribution < -0.4 is 16.4 Å². The maximum Gasteiger partial charge on any atom is 0.407 e. The molecule has 4 N–H and O–H groups in total. The number of ether oxygens (including phenoxy) is 1. The maximum atomic E-state index is 11.2. The Morgan fingerprint density at radius 2 is 1.93 bits per heavy atom. The van der Waals surface area contributed by atoms with Gasteiger partial charge >= 0.3 is 6.09 Å². The second kappa shape index (κ2) is 7.48. The summed E-state index contributed by atoms with van der Waals surface area (Å²) in [7, 11) is 0. The Hall–Kier alpha value is -0.810. The highest BCUT2D eigenvalue weighted by Gasteiger charge is 2.15. The molecule has 0 aromatic rings. The second-order valence-corrected chi connectivity index (χ2v) is 4.32. The van der Waals surface area contributed by atoms with E-state index in [2.05, 4.69) is 10.6 Å². The Kier molecular flexibility index (Phi) is 7.07. The summed E-state index contributed by atoms with van der Waals surface area (Å²) in [5.74, 6) is 0. The third-order valence-electron chi connectivity index (χ3n) is 1.53. The molecule has 0 aliphatic carbocycles. The molecule has 0 spiro atoms. The van der Waals surface area contributed by atoms with Gasteiger partial charge in [0.25, 0.3) is 0 Å². The van der Waals surface area contributed by atoms with Crippen LogP contribution >= 0.6 is 0 Å². The van der Waals surface area contributed by atoms with E-state index in [1.54, 1.807) is 0 Å². The van der Waals surface area contributed by atoms with E-state index in [9.17, 15) is 4.79 Å². The molecular formula is C10H23N3O2. The van der Waals surface area contributed by atoms with Gasteiger partial charge in [-0.1, -0.05) is 0 Å². The number of hydrogen-bond donors (Lipinski definition) is 3. The zero-order chi connectivity index (χ0) is 11.7. The predicted octanol–water partition coefficient (Wildman–Crippen LogP) is 0.450. The lowest BCUT2D eigenvalue weighted by molar-refractivity contribution is 0.0528. The first-order valence-corrected chi connectivity index (χ1v) is 5.33.